The standard InChI is InChI=1S/C19H28N2O3S/c1-19(2,3)18(24)20-12-14-6-4-10-21(13-14)17(23)9-8-15(22)16-7-5-11-25-16/h5,7,11,14H,4,6,8-10,12-13H2,1-3H3,(H,20,24). The normalized spacial score (nSPS) is 18.0. The number of carbonyl (C=O) groups excluding carboxylic acids is 3. The Labute approximate surface area is 153 Å². The van der Waals surface area contributed by atoms with Crippen LogP contribution < -0.4 is 5.32 Å². The Balaban J connectivity index is 1.77. The molecule has 1 atom stereocenters. The van der Waals surface area contributed by atoms with E-state index in [4.69, 9.17) is 0 Å². The molecule has 1 aromatic rings. The van der Waals surface area contributed by atoms with Gasteiger partial charge in [-0.05, 0) is 30.2 Å². The van der Waals surface area contributed by atoms with Crippen molar-refractivity contribution in [3.63, 3.8) is 0 Å². The van der Waals surface area contributed by atoms with E-state index in [0.29, 0.717) is 18.0 Å². The lowest BCUT2D eigenvalue weighted by Crippen LogP contribution is -2.45. The van der Waals surface area contributed by atoms with Crippen molar-refractivity contribution in [3.05, 3.63) is 22.4 Å². The zero-order valence-electron chi connectivity index (χ0n) is 15.3. The van der Waals surface area contributed by atoms with Gasteiger partial charge in [0.15, 0.2) is 5.78 Å². The van der Waals surface area contributed by atoms with E-state index in [-0.39, 0.29) is 36.4 Å². The summed E-state index contributed by atoms with van der Waals surface area (Å²) in [6.07, 6.45) is 2.49. The van der Waals surface area contributed by atoms with E-state index in [1.807, 2.05) is 37.1 Å². The van der Waals surface area contributed by atoms with E-state index in [2.05, 4.69) is 5.32 Å². The van der Waals surface area contributed by atoms with Gasteiger partial charge in [0.25, 0.3) is 0 Å². The summed E-state index contributed by atoms with van der Waals surface area (Å²) in [6, 6.07) is 3.65. The van der Waals surface area contributed by atoms with Crippen molar-refractivity contribution in [3.8, 4) is 0 Å². The molecule has 2 amide bonds. The Kier molecular flexibility index (Phi) is 6.76. The van der Waals surface area contributed by atoms with Crippen molar-refractivity contribution in [2.75, 3.05) is 19.6 Å². The largest absolute Gasteiger partial charge is 0.355 e. The van der Waals surface area contributed by atoms with E-state index in [9.17, 15) is 14.4 Å². The summed E-state index contributed by atoms with van der Waals surface area (Å²) < 4.78 is 0. The maximum absolute atomic E-state index is 12.4. The molecule has 0 aliphatic carbocycles. The lowest BCUT2D eigenvalue weighted by Gasteiger charge is -2.33. The molecule has 1 N–H and O–H groups in total. The van der Waals surface area contributed by atoms with Crippen molar-refractivity contribution in [1.29, 1.82) is 0 Å². The van der Waals surface area contributed by atoms with E-state index in [1.165, 1.54) is 11.3 Å². The summed E-state index contributed by atoms with van der Waals surface area (Å²) in [7, 11) is 0. The SMILES string of the molecule is CC(C)(C)C(=O)NCC1CCCN(C(=O)CCC(=O)c2cccs2)C1. The fourth-order valence-electron chi connectivity index (χ4n) is 2.90. The third kappa shape index (κ3) is 5.96. The molecule has 25 heavy (non-hydrogen) atoms. The highest BCUT2D eigenvalue weighted by Gasteiger charge is 2.26. The molecule has 0 spiro atoms. The van der Waals surface area contributed by atoms with Gasteiger partial charge in [0, 0.05) is 37.9 Å². The van der Waals surface area contributed by atoms with Crippen LogP contribution in [0.15, 0.2) is 17.5 Å². The predicted molar refractivity (Wildman–Crippen MR) is 99.7 cm³/mol. The molecule has 0 saturated carbocycles. The molecule has 5 nitrogen and oxygen atoms in total. The fourth-order valence-corrected chi connectivity index (χ4v) is 3.59. The number of rotatable bonds is 6. The Morgan fingerprint density at radius 1 is 1.28 bits per heavy atom. The van der Waals surface area contributed by atoms with Gasteiger partial charge < -0.3 is 10.2 Å². The summed E-state index contributed by atoms with van der Waals surface area (Å²) in [5.74, 6) is 0.403. The van der Waals surface area contributed by atoms with Crippen molar-refractivity contribution >= 4 is 28.9 Å². The zero-order chi connectivity index (χ0) is 18.4. The van der Waals surface area contributed by atoms with E-state index >= 15 is 0 Å². The Bertz CT molecular complexity index is 605. The topological polar surface area (TPSA) is 66.5 Å². The minimum absolute atomic E-state index is 0.0364. The predicted octanol–water partition coefficient (Wildman–Crippen LogP) is 3.11. The molecule has 2 rings (SSSR count). The number of hydrogen-bond acceptors (Lipinski definition) is 4. The Morgan fingerprint density at radius 3 is 2.68 bits per heavy atom. The maximum atomic E-state index is 12.4. The number of piperidine rings is 1. The number of carbonyl (C=O) groups is 3. The first kappa shape index (κ1) is 19.6. The van der Waals surface area contributed by atoms with Crippen LogP contribution in [0.3, 0.4) is 0 Å². The number of nitrogens with zero attached hydrogens (tertiary/aromatic N) is 1. The first-order chi connectivity index (χ1) is 11.8. The maximum Gasteiger partial charge on any atom is 0.225 e. The van der Waals surface area contributed by atoms with E-state index < -0.39 is 5.41 Å². The number of thiophene rings is 1. The second kappa shape index (κ2) is 8.61. The monoisotopic (exact) mass is 364 g/mol. The Hall–Kier alpha value is -1.69. The quantitative estimate of drug-likeness (QED) is 0.789. The summed E-state index contributed by atoms with van der Waals surface area (Å²) in [5, 5.41) is 4.86. The highest BCUT2D eigenvalue weighted by molar-refractivity contribution is 7.12. The molecule has 0 radical (unpaired) electrons. The molecule has 1 aliphatic heterocycles. The van der Waals surface area contributed by atoms with Crippen LogP contribution in [0.2, 0.25) is 0 Å². The van der Waals surface area contributed by atoms with Crippen LogP contribution in [0, 0.1) is 11.3 Å². The molecule has 1 fully saturated rings. The van der Waals surface area contributed by atoms with Crippen LogP contribution in [0.1, 0.15) is 56.1 Å². The number of amides is 2. The number of hydrogen-bond donors (Lipinski definition) is 1. The smallest absolute Gasteiger partial charge is 0.225 e. The number of likely N-dealkylation sites (tertiary alicyclic amines) is 1. The van der Waals surface area contributed by atoms with Gasteiger partial charge in [-0.2, -0.15) is 0 Å². The van der Waals surface area contributed by atoms with Gasteiger partial charge in [-0.3, -0.25) is 14.4 Å². The highest BCUT2D eigenvalue weighted by atomic mass is 32.1. The average molecular weight is 365 g/mol. The molecule has 138 valence electrons. The van der Waals surface area contributed by atoms with Gasteiger partial charge in [-0.1, -0.05) is 26.8 Å². The number of nitrogens with one attached hydrogen (secondary N) is 1. The minimum atomic E-state index is -0.397. The minimum Gasteiger partial charge on any atom is -0.355 e. The third-order valence-electron chi connectivity index (χ3n) is 4.47. The number of Topliss-reactive ketones (excluding diaryl/α,β-unsaturated/α-hetero) is 1. The molecule has 1 aromatic heterocycles. The van der Waals surface area contributed by atoms with Crippen molar-refractivity contribution in [2.45, 2.75) is 46.5 Å². The lowest BCUT2D eigenvalue weighted by atomic mass is 9.94. The molecule has 6 heteroatoms. The second-order valence-corrected chi connectivity index (χ2v) is 8.66. The van der Waals surface area contributed by atoms with Gasteiger partial charge in [0.1, 0.15) is 0 Å². The molecular weight excluding hydrogens is 336 g/mol. The van der Waals surface area contributed by atoms with Crippen LogP contribution >= 0.6 is 11.3 Å². The van der Waals surface area contributed by atoms with Gasteiger partial charge in [-0.25, -0.2) is 0 Å². The van der Waals surface area contributed by atoms with Crippen LogP contribution in [0.5, 0.6) is 0 Å². The summed E-state index contributed by atoms with van der Waals surface area (Å²) >= 11 is 1.42. The number of ketones is 1. The van der Waals surface area contributed by atoms with Gasteiger partial charge in [0.2, 0.25) is 11.8 Å². The van der Waals surface area contributed by atoms with Crippen LogP contribution in [-0.4, -0.2) is 42.1 Å². The van der Waals surface area contributed by atoms with E-state index in [0.717, 1.165) is 19.4 Å². The molecule has 1 aliphatic rings. The molecule has 0 bridgehead atoms. The highest BCUT2D eigenvalue weighted by Crippen LogP contribution is 2.19. The third-order valence-corrected chi connectivity index (χ3v) is 5.38. The average Bonchev–Trinajstić information content (AvgIpc) is 3.11. The van der Waals surface area contributed by atoms with Gasteiger partial charge in [0.05, 0.1) is 4.88 Å². The lowest BCUT2D eigenvalue weighted by molar-refractivity contribution is -0.133. The van der Waals surface area contributed by atoms with Crippen molar-refractivity contribution in [1.82, 2.24) is 10.2 Å². The van der Waals surface area contributed by atoms with Crippen LogP contribution in [-0.2, 0) is 9.59 Å². The van der Waals surface area contributed by atoms with Crippen LogP contribution in [0.25, 0.3) is 0 Å². The molecular formula is C19H28N2O3S. The summed E-state index contributed by atoms with van der Waals surface area (Å²) in [6.45, 7) is 7.69. The first-order valence-electron chi connectivity index (χ1n) is 8.90. The first-order valence-corrected chi connectivity index (χ1v) is 9.78. The van der Waals surface area contributed by atoms with Gasteiger partial charge >= 0.3 is 0 Å². The molecule has 1 saturated heterocycles. The Morgan fingerprint density at radius 2 is 2.04 bits per heavy atom. The van der Waals surface area contributed by atoms with Crippen LogP contribution in [0.4, 0.5) is 0 Å². The molecule has 0 aromatic carbocycles. The van der Waals surface area contributed by atoms with Gasteiger partial charge in [-0.15, -0.1) is 11.3 Å². The van der Waals surface area contributed by atoms with Crippen molar-refractivity contribution in [2.24, 2.45) is 11.3 Å². The van der Waals surface area contributed by atoms with E-state index in [1.54, 1.807) is 6.07 Å². The van der Waals surface area contributed by atoms with Crippen molar-refractivity contribution < 1.29 is 14.4 Å². The fraction of sp³-hybridized carbons (Fsp3) is 0.632. The second-order valence-electron chi connectivity index (χ2n) is 7.71. The molecule has 1 unspecified atom stereocenters. The molecule has 2 heterocycles. The summed E-state index contributed by atoms with van der Waals surface area (Å²) in [5.41, 5.74) is -0.397. The zero-order valence-corrected chi connectivity index (χ0v) is 16.2. The summed E-state index contributed by atoms with van der Waals surface area (Å²) in [4.78, 5) is 39.0.